The molecule has 0 saturated carbocycles. The number of halogens is 2. The van der Waals surface area contributed by atoms with Crippen molar-refractivity contribution in [1.29, 1.82) is 0 Å². The molecule has 0 aliphatic heterocycles. The summed E-state index contributed by atoms with van der Waals surface area (Å²) in [6.45, 7) is 0. The van der Waals surface area contributed by atoms with Crippen LogP contribution in [0.3, 0.4) is 0 Å². The first kappa shape index (κ1) is 20.1. The molecule has 0 fully saturated rings. The zero-order valence-corrected chi connectivity index (χ0v) is 14.8. The Balaban J connectivity index is 2.12. The first-order valence-electron chi connectivity index (χ1n) is 7.10. The lowest BCUT2D eigenvalue weighted by molar-refractivity contribution is -0.394. The second kappa shape index (κ2) is 8.43. The van der Waals surface area contributed by atoms with Crippen molar-refractivity contribution < 1.29 is 19.7 Å². The third kappa shape index (κ3) is 5.12. The zero-order valence-electron chi connectivity index (χ0n) is 13.3. The van der Waals surface area contributed by atoms with Crippen LogP contribution in [-0.2, 0) is 11.2 Å². The number of hydrogen-bond acceptors (Lipinski definition) is 7. The lowest BCUT2D eigenvalue weighted by Crippen LogP contribution is -2.20. The Hall–Kier alpha value is -3.24. The minimum atomic E-state index is -0.815. The van der Waals surface area contributed by atoms with Crippen molar-refractivity contribution >= 4 is 46.7 Å². The van der Waals surface area contributed by atoms with E-state index < -0.39 is 33.5 Å². The third-order valence-corrected chi connectivity index (χ3v) is 3.78. The highest BCUT2D eigenvalue weighted by molar-refractivity contribution is 6.36. The molecule has 2 aromatic carbocycles. The third-order valence-electron chi connectivity index (χ3n) is 3.28. The number of phenols is 1. The normalized spacial score (nSPS) is 10.7. The summed E-state index contributed by atoms with van der Waals surface area (Å²) < 4.78 is 0. The lowest BCUT2D eigenvalue weighted by Gasteiger charge is -2.04. The molecule has 0 spiro atoms. The number of carbonyl (C=O) groups is 1. The molecule has 27 heavy (non-hydrogen) atoms. The first-order chi connectivity index (χ1) is 12.7. The minimum Gasteiger partial charge on any atom is -0.506 e. The number of benzene rings is 2. The van der Waals surface area contributed by atoms with Gasteiger partial charge in [0.15, 0.2) is 0 Å². The van der Waals surface area contributed by atoms with Gasteiger partial charge in [-0.15, -0.1) is 0 Å². The molecule has 0 aliphatic carbocycles. The number of non-ortho nitro benzene ring substituents is 1. The fourth-order valence-corrected chi connectivity index (χ4v) is 2.57. The molecule has 10 nitrogen and oxygen atoms in total. The molecule has 1 amide bonds. The summed E-state index contributed by atoms with van der Waals surface area (Å²) in [5, 5.41) is 35.4. The van der Waals surface area contributed by atoms with Gasteiger partial charge in [-0.2, -0.15) is 5.10 Å². The first-order valence-corrected chi connectivity index (χ1v) is 7.86. The fraction of sp³-hybridized carbons (Fsp3) is 0.0667. The van der Waals surface area contributed by atoms with Gasteiger partial charge in [-0.3, -0.25) is 25.0 Å². The van der Waals surface area contributed by atoms with Gasteiger partial charge >= 0.3 is 0 Å². The summed E-state index contributed by atoms with van der Waals surface area (Å²) in [5.74, 6) is -0.999. The quantitative estimate of drug-likeness (QED) is 0.422. The van der Waals surface area contributed by atoms with Gasteiger partial charge in [0.2, 0.25) is 5.91 Å². The summed E-state index contributed by atoms with van der Waals surface area (Å²) in [6.07, 6.45) is 0.656. The van der Waals surface area contributed by atoms with Crippen LogP contribution in [0.25, 0.3) is 0 Å². The van der Waals surface area contributed by atoms with Crippen LogP contribution in [0.1, 0.15) is 11.1 Å². The van der Waals surface area contributed by atoms with Gasteiger partial charge in [-0.25, -0.2) is 5.43 Å². The highest BCUT2D eigenvalue weighted by Gasteiger charge is 2.21. The molecular formula is C15H10Cl2N4O6. The maximum atomic E-state index is 11.9. The van der Waals surface area contributed by atoms with Gasteiger partial charge in [-0.1, -0.05) is 23.2 Å². The van der Waals surface area contributed by atoms with Crippen molar-refractivity contribution in [3.8, 4) is 5.75 Å². The predicted molar refractivity (Wildman–Crippen MR) is 97.3 cm³/mol. The number of phenolic OH excluding ortho intramolecular Hbond substituents is 1. The summed E-state index contributed by atoms with van der Waals surface area (Å²) in [4.78, 5) is 32.1. The van der Waals surface area contributed by atoms with Gasteiger partial charge < -0.3 is 5.11 Å². The molecule has 2 rings (SSSR count). The molecule has 0 aliphatic rings. The van der Waals surface area contributed by atoms with Crippen LogP contribution in [0, 0.1) is 20.2 Å². The van der Waals surface area contributed by atoms with Crippen molar-refractivity contribution in [2.75, 3.05) is 0 Å². The summed E-state index contributed by atoms with van der Waals surface area (Å²) in [6, 6.07) is 5.65. The summed E-state index contributed by atoms with van der Waals surface area (Å²) in [7, 11) is 0. The van der Waals surface area contributed by atoms with Crippen LogP contribution in [0.2, 0.25) is 10.0 Å². The average molecular weight is 413 g/mol. The van der Waals surface area contributed by atoms with Crippen molar-refractivity contribution in [2.24, 2.45) is 5.10 Å². The van der Waals surface area contributed by atoms with Gasteiger partial charge in [0.1, 0.15) is 5.75 Å². The van der Waals surface area contributed by atoms with E-state index in [-0.39, 0.29) is 26.9 Å². The number of nitro groups is 2. The van der Waals surface area contributed by atoms with E-state index in [1.165, 1.54) is 12.1 Å². The van der Waals surface area contributed by atoms with Crippen LogP contribution in [-0.4, -0.2) is 27.1 Å². The maximum Gasteiger partial charge on any atom is 0.279 e. The molecule has 0 saturated heterocycles. The van der Waals surface area contributed by atoms with E-state index in [4.69, 9.17) is 23.2 Å². The number of hydrazone groups is 1. The van der Waals surface area contributed by atoms with Crippen LogP contribution >= 0.6 is 23.2 Å². The van der Waals surface area contributed by atoms with Crippen molar-refractivity contribution in [3.63, 3.8) is 0 Å². The molecular weight excluding hydrogens is 403 g/mol. The number of aromatic hydroxyl groups is 1. The molecule has 12 heteroatoms. The molecule has 0 heterocycles. The largest absolute Gasteiger partial charge is 0.506 e. The monoisotopic (exact) mass is 412 g/mol. The molecule has 0 unspecified atom stereocenters. The van der Waals surface area contributed by atoms with Crippen molar-refractivity contribution in [2.45, 2.75) is 6.42 Å². The molecule has 2 aromatic rings. The highest BCUT2D eigenvalue weighted by atomic mass is 35.5. The number of amides is 1. The predicted octanol–water partition coefficient (Wildman–Crippen LogP) is 3.21. The Morgan fingerprint density at radius 2 is 1.89 bits per heavy atom. The van der Waals surface area contributed by atoms with E-state index in [1.54, 1.807) is 0 Å². The summed E-state index contributed by atoms with van der Waals surface area (Å²) in [5.41, 5.74) is 1.24. The lowest BCUT2D eigenvalue weighted by atomic mass is 10.1. The number of hydrogen-bond donors (Lipinski definition) is 2. The van der Waals surface area contributed by atoms with Crippen LogP contribution in [0.4, 0.5) is 11.4 Å². The molecule has 0 radical (unpaired) electrons. The molecule has 2 N–H and O–H groups in total. The highest BCUT2D eigenvalue weighted by Crippen LogP contribution is 2.30. The average Bonchev–Trinajstić information content (AvgIpc) is 2.58. The Bertz CT molecular complexity index is 964. The summed E-state index contributed by atoms with van der Waals surface area (Å²) >= 11 is 11.6. The number of nitro benzene ring substituents is 2. The van der Waals surface area contributed by atoms with Gasteiger partial charge in [-0.05, 0) is 18.2 Å². The van der Waals surface area contributed by atoms with E-state index in [1.807, 2.05) is 0 Å². The van der Waals surface area contributed by atoms with E-state index >= 15 is 0 Å². The SMILES string of the molecule is O=C(Cc1ccc([N+](=O)[O-])cc1[N+](=O)[O-])N/N=C\c1cc(Cl)cc(Cl)c1O. The topological polar surface area (TPSA) is 148 Å². The van der Waals surface area contributed by atoms with E-state index in [2.05, 4.69) is 10.5 Å². The van der Waals surface area contributed by atoms with Crippen molar-refractivity contribution in [1.82, 2.24) is 5.43 Å². The smallest absolute Gasteiger partial charge is 0.279 e. The van der Waals surface area contributed by atoms with Gasteiger partial charge in [0.25, 0.3) is 11.4 Å². The van der Waals surface area contributed by atoms with Gasteiger partial charge in [0, 0.05) is 22.2 Å². The Morgan fingerprint density at radius 1 is 1.19 bits per heavy atom. The molecule has 0 aromatic heterocycles. The van der Waals surface area contributed by atoms with Crippen LogP contribution < -0.4 is 5.43 Å². The van der Waals surface area contributed by atoms with Crippen LogP contribution in [0.15, 0.2) is 35.4 Å². The van der Waals surface area contributed by atoms with Crippen LogP contribution in [0.5, 0.6) is 5.75 Å². The second-order valence-corrected chi connectivity index (χ2v) is 5.97. The number of nitrogens with one attached hydrogen (secondary N) is 1. The Labute approximate surface area is 161 Å². The minimum absolute atomic E-state index is 0.00298. The number of nitrogens with zero attached hydrogens (tertiary/aromatic N) is 3. The standard InChI is InChI=1S/C15H10Cl2N4O6/c16-10-3-9(15(23)12(17)5-10)7-18-19-14(22)4-8-1-2-11(20(24)25)6-13(8)21(26)27/h1-3,5-7,23H,4H2,(H,19,22)/b18-7-. The molecule has 0 bridgehead atoms. The van der Waals surface area contributed by atoms with E-state index in [9.17, 15) is 30.1 Å². The molecule has 0 atom stereocenters. The van der Waals surface area contributed by atoms with Gasteiger partial charge in [0.05, 0.1) is 33.6 Å². The fourth-order valence-electron chi connectivity index (χ4n) is 2.06. The zero-order chi connectivity index (χ0) is 20.1. The molecule has 140 valence electrons. The van der Waals surface area contributed by atoms with Crippen molar-refractivity contribution in [3.05, 3.63) is 71.7 Å². The maximum absolute atomic E-state index is 11.9. The van der Waals surface area contributed by atoms with E-state index in [0.717, 1.165) is 24.4 Å². The second-order valence-electron chi connectivity index (χ2n) is 5.12. The Morgan fingerprint density at radius 3 is 2.52 bits per heavy atom. The Kier molecular flexibility index (Phi) is 6.27. The number of rotatable bonds is 6. The van der Waals surface area contributed by atoms with E-state index in [0.29, 0.717) is 0 Å². The number of carbonyl (C=O) groups excluding carboxylic acids is 1.